The first-order chi connectivity index (χ1) is 13.1. The van der Waals surface area contributed by atoms with Gasteiger partial charge in [-0.3, -0.25) is 14.7 Å². The number of nitrogens with zero attached hydrogens (tertiary/aromatic N) is 3. The predicted octanol–water partition coefficient (Wildman–Crippen LogP) is 1.90. The number of anilines is 1. The number of amides is 1. The fraction of sp³-hybridized carbons (Fsp3) is 0.650. The molecule has 1 aliphatic heterocycles. The highest BCUT2D eigenvalue weighted by Crippen LogP contribution is 2.26. The number of hydrogen-bond donors (Lipinski definition) is 3. The molecule has 7 nitrogen and oxygen atoms in total. The maximum Gasteiger partial charge on any atom is 0.227 e. The third-order valence-corrected chi connectivity index (χ3v) is 5.43. The number of carbonyl (C=O) groups is 1. The summed E-state index contributed by atoms with van der Waals surface area (Å²) in [7, 11) is 1.77. The molecule has 0 radical (unpaired) electrons. The Kier molecular flexibility index (Phi) is 7.04. The highest BCUT2D eigenvalue weighted by molar-refractivity contribution is 5.90. The fourth-order valence-electron chi connectivity index (χ4n) is 4.01. The summed E-state index contributed by atoms with van der Waals surface area (Å²) in [6.45, 7) is 4.70. The second-order valence-electron chi connectivity index (χ2n) is 7.52. The third-order valence-electron chi connectivity index (χ3n) is 5.43. The van der Waals surface area contributed by atoms with E-state index in [2.05, 4.69) is 30.8 Å². The van der Waals surface area contributed by atoms with Crippen LogP contribution in [0.15, 0.2) is 23.2 Å². The van der Waals surface area contributed by atoms with Gasteiger partial charge in [-0.05, 0) is 38.3 Å². The van der Waals surface area contributed by atoms with E-state index in [0.29, 0.717) is 24.8 Å². The van der Waals surface area contributed by atoms with Crippen molar-refractivity contribution in [3.8, 4) is 0 Å². The SMILES string of the molecule is CN=C(NCCC(=O)Nc1cccc(C)n1)NC1CCN(C2CCCC2)C1. The summed E-state index contributed by atoms with van der Waals surface area (Å²) < 4.78 is 0. The Morgan fingerprint density at radius 3 is 2.85 bits per heavy atom. The molecule has 27 heavy (non-hydrogen) atoms. The van der Waals surface area contributed by atoms with E-state index >= 15 is 0 Å². The number of pyridine rings is 1. The standard InChI is InChI=1S/C20H32N6O/c1-15-6-5-9-18(23-15)25-19(27)10-12-22-20(21-2)24-16-11-13-26(14-16)17-7-3-4-8-17/h5-6,9,16-17H,3-4,7-8,10-14H2,1-2H3,(H2,21,22,24)(H,23,25,27). The highest BCUT2D eigenvalue weighted by atomic mass is 16.1. The molecular formula is C20H32N6O. The number of carbonyl (C=O) groups excluding carboxylic acids is 1. The molecule has 0 spiro atoms. The van der Waals surface area contributed by atoms with E-state index in [9.17, 15) is 4.79 Å². The van der Waals surface area contributed by atoms with Crippen LogP contribution in [-0.2, 0) is 4.79 Å². The molecule has 1 aromatic rings. The summed E-state index contributed by atoms with van der Waals surface area (Å²) in [5.74, 6) is 1.32. The van der Waals surface area contributed by atoms with Crippen molar-refractivity contribution in [2.75, 3.05) is 32.0 Å². The van der Waals surface area contributed by atoms with Gasteiger partial charge in [0.2, 0.25) is 5.91 Å². The number of aliphatic imine (C=N–C) groups is 1. The van der Waals surface area contributed by atoms with Crippen LogP contribution in [0.1, 0.15) is 44.2 Å². The maximum absolute atomic E-state index is 12.1. The number of aromatic nitrogens is 1. The van der Waals surface area contributed by atoms with Crippen LogP contribution in [-0.4, -0.2) is 60.5 Å². The summed E-state index contributed by atoms with van der Waals surface area (Å²) in [4.78, 5) is 23.3. The van der Waals surface area contributed by atoms with Crippen molar-refractivity contribution in [1.82, 2.24) is 20.5 Å². The van der Waals surface area contributed by atoms with Gasteiger partial charge in [0, 0.05) is 50.9 Å². The van der Waals surface area contributed by atoms with Crippen molar-refractivity contribution in [2.24, 2.45) is 4.99 Å². The van der Waals surface area contributed by atoms with Crippen LogP contribution in [0.4, 0.5) is 5.82 Å². The molecule has 0 aromatic carbocycles. The summed E-state index contributed by atoms with van der Waals surface area (Å²) in [5, 5.41) is 9.58. The first kappa shape index (κ1) is 19.6. The average Bonchev–Trinajstić information content (AvgIpc) is 3.32. The van der Waals surface area contributed by atoms with Crippen molar-refractivity contribution < 1.29 is 4.79 Å². The van der Waals surface area contributed by atoms with Gasteiger partial charge in [0.25, 0.3) is 0 Å². The van der Waals surface area contributed by atoms with Crippen molar-refractivity contribution >= 4 is 17.7 Å². The lowest BCUT2D eigenvalue weighted by atomic mass is 10.2. The molecule has 1 saturated carbocycles. The van der Waals surface area contributed by atoms with Crippen LogP contribution in [0.2, 0.25) is 0 Å². The molecule has 7 heteroatoms. The topological polar surface area (TPSA) is 81.6 Å². The molecule has 2 aliphatic rings. The number of nitrogens with one attached hydrogen (secondary N) is 3. The molecular weight excluding hydrogens is 340 g/mol. The minimum absolute atomic E-state index is 0.0515. The fourth-order valence-corrected chi connectivity index (χ4v) is 4.01. The first-order valence-electron chi connectivity index (χ1n) is 10.1. The van der Waals surface area contributed by atoms with E-state index in [-0.39, 0.29) is 5.91 Å². The van der Waals surface area contributed by atoms with Gasteiger partial charge in [0.15, 0.2) is 5.96 Å². The zero-order valence-corrected chi connectivity index (χ0v) is 16.5. The van der Waals surface area contributed by atoms with Crippen molar-refractivity contribution in [2.45, 2.75) is 57.5 Å². The molecule has 3 N–H and O–H groups in total. The van der Waals surface area contributed by atoms with Gasteiger partial charge in [-0.25, -0.2) is 4.98 Å². The Labute approximate surface area is 162 Å². The van der Waals surface area contributed by atoms with E-state index in [1.54, 1.807) is 13.1 Å². The van der Waals surface area contributed by atoms with E-state index in [1.807, 2.05) is 19.1 Å². The molecule has 148 valence electrons. The molecule has 1 unspecified atom stereocenters. The lowest BCUT2D eigenvalue weighted by Gasteiger charge is -2.24. The second kappa shape index (κ2) is 9.69. The lowest BCUT2D eigenvalue weighted by molar-refractivity contribution is -0.116. The highest BCUT2D eigenvalue weighted by Gasteiger charge is 2.30. The van der Waals surface area contributed by atoms with Gasteiger partial charge in [-0.15, -0.1) is 0 Å². The number of hydrogen-bond acceptors (Lipinski definition) is 4. The number of likely N-dealkylation sites (tertiary alicyclic amines) is 1. The Balaban J connectivity index is 1.36. The Morgan fingerprint density at radius 2 is 2.11 bits per heavy atom. The summed E-state index contributed by atoms with van der Waals surface area (Å²) in [6, 6.07) is 6.81. The average molecular weight is 373 g/mol. The number of rotatable bonds is 6. The molecule has 1 aromatic heterocycles. The molecule has 3 rings (SSSR count). The maximum atomic E-state index is 12.1. The van der Waals surface area contributed by atoms with Crippen molar-refractivity contribution in [1.29, 1.82) is 0 Å². The number of aryl methyl sites for hydroxylation is 1. The van der Waals surface area contributed by atoms with Gasteiger partial charge in [-0.1, -0.05) is 18.9 Å². The second-order valence-corrected chi connectivity index (χ2v) is 7.52. The van der Waals surface area contributed by atoms with Gasteiger partial charge in [0.1, 0.15) is 5.82 Å². The minimum atomic E-state index is -0.0515. The van der Waals surface area contributed by atoms with Crippen LogP contribution in [0.25, 0.3) is 0 Å². The molecule has 2 fully saturated rings. The molecule has 1 atom stereocenters. The van der Waals surface area contributed by atoms with Gasteiger partial charge in [-0.2, -0.15) is 0 Å². The largest absolute Gasteiger partial charge is 0.356 e. The van der Waals surface area contributed by atoms with Gasteiger partial charge in [0.05, 0.1) is 0 Å². The predicted molar refractivity (Wildman–Crippen MR) is 109 cm³/mol. The van der Waals surface area contributed by atoms with E-state index in [4.69, 9.17) is 0 Å². The van der Waals surface area contributed by atoms with Gasteiger partial charge < -0.3 is 16.0 Å². The first-order valence-corrected chi connectivity index (χ1v) is 10.1. The van der Waals surface area contributed by atoms with Gasteiger partial charge >= 0.3 is 0 Å². The molecule has 2 heterocycles. The number of guanidine groups is 1. The van der Waals surface area contributed by atoms with E-state index in [1.165, 1.54) is 32.2 Å². The minimum Gasteiger partial charge on any atom is -0.356 e. The van der Waals surface area contributed by atoms with Crippen molar-refractivity contribution in [3.63, 3.8) is 0 Å². The lowest BCUT2D eigenvalue weighted by Crippen LogP contribution is -2.45. The summed E-state index contributed by atoms with van der Waals surface area (Å²) in [5.41, 5.74) is 0.888. The van der Waals surface area contributed by atoms with Crippen molar-refractivity contribution in [3.05, 3.63) is 23.9 Å². The molecule has 1 aliphatic carbocycles. The zero-order chi connectivity index (χ0) is 19.1. The summed E-state index contributed by atoms with van der Waals surface area (Å²) >= 11 is 0. The van der Waals surface area contributed by atoms with Crippen LogP contribution in [0, 0.1) is 6.92 Å². The van der Waals surface area contributed by atoms with E-state index in [0.717, 1.165) is 30.7 Å². The molecule has 1 saturated heterocycles. The Morgan fingerprint density at radius 1 is 1.30 bits per heavy atom. The monoisotopic (exact) mass is 372 g/mol. The Hall–Kier alpha value is -2.15. The smallest absolute Gasteiger partial charge is 0.227 e. The Bertz CT molecular complexity index is 656. The van der Waals surface area contributed by atoms with Crippen LogP contribution < -0.4 is 16.0 Å². The van der Waals surface area contributed by atoms with Crippen LogP contribution in [0.3, 0.4) is 0 Å². The zero-order valence-electron chi connectivity index (χ0n) is 16.5. The normalized spacial score (nSPS) is 21.4. The third kappa shape index (κ3) is 5.92. The molecule has 0 bridgehead atoms. The van der Waals surface area contributed by atoms with Crippen LogP contribution >= 0.6 is 0 Å². The van der Waals surface area contributed by atoms with Crippen LogP contribution in [0.5, 0.6) is 0 Å². The molecule has 1 amide bonds. The van der Waals surface area contributed by atoms with E-state index < -0.39 is 0 Å². The summed E-state index contributed by atoms with van der Waals surface area (Å²) in [6.07, 6.45) is 6.98. The quantitative estimate of drug-likeness (QED) is 0.525.